The van der Waals surface area contributed by atoms with Gasteiger partial charge in [0.2, 0.25) is 0 Å². The van der Waals surface area contributed by atoms with Crippen LogP contribution in [0.15, 0.2) is 47.4 Å². The predicted molar refractivity (Wildman–Crippen MR) is 95.9 cm³/mol. The van der Waals surface area contributed by atoms with Crippen LogP contribution in [-0.2, 0) is 14.8 Å². The van der Waals surface area contributed by atoms with Gasteiger partial charge in [0, 0.05) is 7.05 Å². The first-order chi connectivity index (χ1) is 11.8. The van der Waals surface area contributed by atoms with E-state index in [0.29, 0.717) is 11.4 Å². The molecule has 0 radical (unpaired) electrons. The summed E-state index contributed by atoms with van der Waals surface area (Å²) < 4.78 is 33.0. The number of halogens is 2. The van der Waals surface area contributed by atoms with Crippen molar-refractivity contribution >= 4 is 44.8 Å². The maximum atomic E-state index is 13.1. The van der Waals surface area contributed by atoms with Crippen LogP contribution >= 0.6 is 23.2 Å². The van der Waals surface area contributed by atoms with Gasteiger partial charge in [0.15, 0.2) is 6.10 Å². The largest absolute Gasteiger partial charge is 0.476 e. The molecule has 1 heterocycles. The third-order valence-corrected chi connectivity index (χ3v) is 6.27. The summed E-state index contributed by atoms with van der Waals surface area (Å²) in [6.45, 7) is -0.154. The molecule has 0 aromatic heterocycles. The number of para-hydroxylation sites is 2. The van der Waals surface area contributed by atoms with E-state index in [9.17, 15) is 13.2 Å². The summed E-state index contributed by atoms with van der Waals surface area (Å²) in [7, 11) is -2.50. The maximum Gasteiger partial charge on any atom is 0.264 e. The fourth-order valence-electron chi connectivity index (χ4n) is 2.49. The molecule has 0 spiro atoms. The van der Waals surface area contributed by atoms with Gasteiger partial charge in [0.05, 0.1) is 27.2 Å². The Bertz CT molecular complexity index is 933. The number of sulfonamides is 1. The van der Waals surface area contributed by atoms with Gasteiger partial charge in [-0.2, -0.15) is 0 Å². The fourth-order valence-corrected chi connectivity index (χ4v) is 4.36. The molecular formula is C16H14Cl2N2O4S. The molecule has 0 fully saturated rings. The first-order valence-corrected chi connectivity index (χ1v) is 9.49. The summed E-state index contributed by atoms with van der Waals surface area (Å²) in [4.78, 5) is 12.0. The third-order valence-electron chi connectivity index (χ3n) is 3.75. The topological polar surface area (TPSA) is 75.7 Å². The standard InChI is InChI=1S/C16H14Cl2N2O4S/c1-19-16(21)15-9-20(13-4-2-3-5-14(13)24-15)25(22,23)10-6-7-11(17)12(18)8-10/h2-8,15H,9H2,1H3,(H,19,21). The summed E-state index contributed by atoms with van der Waals surface area (Å²) >= 11 is 11.8. The Morgan fingerprint density at radius 2 is 1.92 bits per heavy atom. The minimum Gasteiger partial charge on any atom is -0.476 e. The lowest BCUT2D eigenvalue weighted by Crippen LogP contribution is -2.50. The minimum atomic E-state index is -3.96. The number of fused-ring (bicyclic) bond motifs is 1. The van der Waals surface area contributed by atoms with Crippen LogP contribution in [0.25, 0.3) is 0 Å². The second-order valence-electron chi connectivity index (χ2n) is 5.30. The Labute approximate surface area is 155 Å². The normalized spacial score (nSPS) is 16.8. The van der Waals surface area contributed by atoms with E-state index >= 15 is 0 Å². The summed E-state index contributed by atoms with van der Waals surface area (Å²) in [5, 5.41) is 2.86. The Balaban J connectivity index is 2.10. The quantitative estimate of drug-likeness (QED) is 0.858. The van der Waals surface area contributed by atoms with Gasteiger partial charge in [-0.05, 0) is 30.3 Å². The van der Waals surface area contributed by atoms with Crippen molar-refractivity contribution in [3.63, 3.8) is 0 Å². The van der Waals surface area contributed by atoms with Crippen molar-refractivity contribution in [2.75, 3.05) is 17.9 Å². The second kappa shape index (κ2) is 6.74. The number of hydrogen-bond acceptors (Lipinski definition) is 4. The van der Waals surface area contributed by atoms with Crippen molar-refractivity contribution in [3.8, 4) is 5.75 Å². The molecule has 1 atom stereocenters. The van der Waals surface area contributed by atoms with E-state index in [2.05, 4.69) is 5.32 Å². The molecule has 0 bridgehead atoms. The number of amides is 1. The molecule has 0 aliphatic carbocycles. The number of rotatable bonds is 3. The number of nitrogens with zero attached hydrogens (tertiary/aromatic N) is 1. The molecule has 1 aliphatic heterocycles. The molecule has 1 amide bonds. The fraction of sp³-hybridized carbons (Fsp3) is 0.188. The molecule has 132 valence electrons. The van der Waals surface area contributed by atoms with Gasteiger partial charge >= 0.3 is 0 Å². The zero-order valence-electron chi connectivity index (χ0n) is 13.1. The van der Waals surface area contributed by atoms with Gasteiger partial charge in [0.1, 0.15) is 5.75 Å². The van der Waals surface area contributed by atoms with Crippen molar-refractivity contribution in [1.82, 2.24) is 5.32 Å². The van der Waals surface area contributed by atoms with Gasteiger partial charge in [-0.15, -0.1) is 0 Å². The number of ether oxygens (including phenoxy) is 1. The van der Waals surface area contributed by atoms with Gasteiger partial charge in [-0.25, -0.2) is 8.42 Å². The van der Waals surface area contributed by atoms with E-state index in [1.165, 1.54) is 25.2 Å². The lowest BCUT2D eigenvalue weighted by Gasteiger charge is -2.34. The number of nitrogens with one attached hydrogen (secondary N) is 1. The van der Waals surface area contributed by atoms with Crippen LogP contribution in [0.4, 0.5) is 5.69 Å². The van der Waals surface area contributed by atoms with Crippen molar-refractivity contribution in [2.45, 2.75) is 11.0 Å². The van der Waals surface area contributed by atoms with Gasteiger partial charge in [-0.1, -0.05) is 35.3 Å². The molecule has 1 unspecified atom stereocenters. The second-order valence-corrected chi connectivity index (χ2v) is 7.98. The Morgan fingerprint density at radius 3 is 2.60 bits per heavy atom. The molecule has 0 saturated carbocycles. The Hall–Kier alpha value is -1.96. The van der Waals surface area contributed by atoms with E-state index in [1.807, 2.05) is 0 Å². The zero-order valence-corrected chi connectivity index (χ0v) is 15.4. The van der Waals surface area contributed by atoms with Crippen molar-refractivity contribution in [3.05, 3.63) is 52.5 Å². The number of likely N-dealkylation sites (N-methyl/N-ethyl adjacent to an activating group) is 1. The number of benzene rings is 2. The van der Waals surface area contributed by atoms with Gasteiger partial charge < -0.3 is 10.1 Å². The van der Waals surface area contributed by atoms with Crippen LogP contribution in [0.3, 0.4) is 0 Å². The van der Waals surface area contributed by atoms with E-state index in [-0.39, 0.29) is 21.5 Å². The van der Waals surface area contributed by atoms with Crippen LogP contribution in [0.2, 0.25) is 10.0 Å². The highest BCUT2D eigenvalue weighted by molar-refractivity contribution is 7.92. The molecule has 9 heteroatoms. The molecule has 25 heavy (non-hydrogen) atoms. The molecule has 2 aromatic carbocycles. The maximum absolute atomic E-state index is 13.1. The molecule has 1 aliphatic rings. The number of anilines is 1. The first-order valence-electron chi connectivity index (χ1n) is 7.29. The Kier molecular flexibility index (Phi) is 4.81. The van der Waals surface area contributed by atoms with Crippen LogP contribution in [0, 0.1) is 0 Å². The van der Waals surface area contributed by atoms with E-state index in [1.54, 1.807) is 24.3 Å². The third kappa shape index (κ3) is 3.27. The number of hydrogen-bond donors (Lipinski definition) is 1. The molecule has 0 saturated heterocycles. The van der Waals surface area contributed by atoms with E-state index in [4.69, 9.17) is 27.9 Å². The molecule has 2 aromatic rings. The van der Waals surface area contributed by atoms with E-state index in [0.717, 1.165) is 4.31 Å². The van der Waals surface area contributed by atoms with Crippen molar-refractivity contribution < 1.29 is 17.9 Å². The predicted octanol–water partition coefficient (Wildman–Crippen LogP) is 2.70. The summed E-state index contributed by atoms with van der Waals surface area (Å²) in [5.41, 5.74) is 0.355. The van der Waals surface area contributed by atoms with Crippen molar-refractivity contribution in [2.24, 2.45) is 0 Å². The number of carbonyl (C=O) groups excluding carboxylic acids is 1. The highest BCUT2D eigenvalue weighted by Gasteiger charge is 2.37. The Morgan fingerprint density at radius 1 is 1.20 bits per heavy atom. The van der Waals surface area contributed by atoms with Crippen LogP contribution in [0.1, 0.15) is 0 Å². The lowest BCUT2D eigenvalue weighted by molar-refractivity contribution is -0.127. The minimum absolute atomic E-state index is 0.0192. The number of carbonyl (C=O) groups is 1. The summed E-state index contributed by atoms with van der Waals surface area (Å²) in [6, 6.07) is 10.7. The molecule has 1 N–H and O–H groups in total. The van der Waals surface area contributed by atoms with Crippen LogP contribution in [-0.4, -0.2) is 34.0 Å². The summed E-state index contributed by atoms with van der Waals surface area (Å²) in [6.07, 6.45) is -0.961. The van der Waals surface area contributed by atoms with Crippen LogP contribution in [0.5, 0.6) is 5.75 Å². The first kappa shape index (κ1) is 17.8. The molecule has 3 rings (SSSR count). The average Bonchev–Trinajstić information content (AvgIpc) is 2.62. The van der Waals surface area contributed by atoms with Crippen molar-refractivity contribution in [1.29, 1.82) is 0 Å². The van der Waals surface area contributed by atoms with Gasteiger partial charge in [0.25, 0.3) is 15.9 Å². The lowest BCUT2D eigenvalue weighted by atomic mass is 10.2. The SMILES string of the molecule is CNC(=O)C1CN(S(=O)(=O)c2ccc(Cl)c(Cl)c2)c2ccccc2O1. The highest BCUT2D eigenvalue weighted by atomic mass is 35.5. The monoisotopic (exact) mass is 400 g/mol. The zero-order chi connectivity index (χ0) is 18.2. The van der Waals surface area contributed by atoms with Gasteiger partial charge in [-0.3, -0.25) is 9.10 Å². The molecular weight excluding hydrogens is 387 g/mol. The highest BCUT2D eigenvalue weighted by Crippen LogP contribution is 2.37. The average molecular weight is 401 g/mol. The summed E-state index contributed by atoms with van der Waals surface area (Å²) in [5.74, 6) is -0.102. The van der Waals surface area contributed by atoms with Crippen LogP contribution < -0.4 is 14.4 Å². The van der Waals surface area contributed by atoms with E-state index < -0.39 is 22.0 Å². The molecule has 6 nitrogen and oxygen atoms in total. The smallest absolute Gasteiger partial charge is 0.264 e.